The molecule has 2 aromatic rings. The first-order valence-electron chi connectivity index (χ1n) is 4.71. The molecule has 7 heteroatoms. The molecule has 17 heavy (non-hydrogen) atoms. The summed E-state index contributed by atoms with van der Waals surface area (Å²) in [6, 6.07) is 3.53. The van der Waals surface area contributed by atoms with Gasteiger partial charge in [0.05, 0.1) is 4.92 Å². The van der Waals surface area contributed by atoms with Gasteiger partial charge in [-0.3, -0.25) is 15.1 Å². The van der Waals surface area contributed by atoms with Crippen molar-refractivity contribution in [2.45, 2.75) is 6.42 Å². The molecule has 86 valence electrons. The van der Waals surface area contributed by atoms with Crippen molar-refractivity contribution in [1.82, 2.24) is 15.0 Å². The summed E-state index contributed by atoms with van der Waals surface area (Å²) >= 11 is 5.69. The van der Waals surface area contributed by atoms with Crippen LogP contribution in [0.2, 0.25) is 5.15 Å². The molecule has 0 saturated heterocycles. The molecule has 0 bridgehead atoms. The molecule has 0 radical (unpaired) electrons. The number of pyridine rings is 1. The zero-order valence-corrected chi connectivity index (χ0v) is 9.33. The first-order chi connectivity index (χ1) is 8.18. The van der Waals surface area contributed by atoms with Gasteiger partial charge in [0.2, 0.25) is 5.15 Å². The van der Waals surface area contributed by atoms with Crippen LogP contribution in [0.3, 0.4) is 0 Å². The average molecular weight is 251 g/mol. The van der Waals surface area contributed by atoms with Crippen molar-refractivity contribution < 1.29 is 4.92 Å². The number of hydrogen-bond acceptors (Lipinski definition) is 5. The highest BCUT2D eigenvalue weighted by atomic mass is 35.5. The second-order valence-corrected chi connectivity index (χ2v) is 3.61. The number of halogens is 1. The van der Waals surface area contributed by atoms with E-state index in [9.17, 15) is 10.1 Å². The van der Waals surface area contributed by atoms with Crippen LogP contribution in [0.25, 0.3) is 0 Å². The standard InChI is InChI=1S/C10H7ClN4O2/c11-10-9(15(16)17)8(13-6-14-10)5-7-1-3-12-4-2-7/h1-4,6H,5H2. The normalized spacial score (nSPS) is 10.2. The maximum atomic E-state index is 10.9. The Labute approximate surface area is 101 Å². The lowest BCUT2D eigenvalue weighted by Gasteiger charge is -2.02. The van der Waals surface area contributed by atoms with Gasteiger partial charge in [-0.1, -0.05) is 11.6 Å². The fourth-order valence-electron chi connectivity index (χ4n) is 1.39. The van der Waals surface area contributed by atoms with E-state index < -0.39 is 4.92 Å². The molecule has 0 spiro atoms. The predicted octanol–water partition coefficient (Wildman–Crippen LogP) is 2.02. The van der Waals surface area contributed by atoms with Gasteiger partial charge < -0.3 is 0 Å². The predicted molar refractivity (Wildman–Crippen MR) is 60.7 cm³/mol. The van der Waals surface area contributed by atoms with Crippen LogP contribution in [-0.2, 0) is 6.42 Å². The van der Waals surface area contributed by atoms with Crippen LogP contribution in [0.5, 0.6) is 0 Å². The summed E-state index contributed by atoms with van der Waals surface area (Å²) in [5.41, 5.74) is 0.921. The molecule has 0 aliphatic carbocycles. The van der Waals surface area contributed by atoms with Crippen molar-refractivity contribution in [3.8, 4) is 0 Å². The van der Waals surface area contributed by atoms with Gasteiger partial charge in [0.1, 0.15) is 12.0 Å². The van der Waals surface area contributed by atoms with Crippen molar-refractivity contribution in [2.24, 2.45) is 0 Å². The molecule has 0 unspecified atom stereocenters. The Kier molecular flexibility index (Phi) is 3.24. The number of aromatic nitrogens is 3. The Morgan fingerprint density at radius 3 is 2.65 bits per heavy atom. The van der Waals surface area contributed by atoms with Gasteiger partial charge in [-0.2, -0.15) is 0 Å². The van der Waals surface area contributed by atoms with Crippen LogP contribution in [0.15, 0.2) is 30.9 Å². The summed E-state index contributed by atoms with van der Waals surface area (Å²) in [6.07, 6.45) is 4.76. The van der Waals surface area contributed by atoms with Gasteiger partial charge in [0, 0.05) is 18.8 Å². The highest BCUT2D eigenvalue weighted by Crippen LogP contribution is 2.25. The molecule has 2 aromatic heterocycles. The fourth-order valence-corrected chi connectivity index (χ4v) is 1.62. The van der Waals surface area contributed by atoms with E-state index in [-0.39, 0.29) is 10.8 Å². The third-order valence-electron chi connectivity index (χ3n) is 2.16. The van der Waals surface area contributed by atoms with Crippen LogP contribution >= 0.6 is 11.6 Å². The van der Waals surface area contributed by atoms with Crippen LogP contribution < -0.4 is 0 Å². The molecule has 0 aliphatic heterocycles. The van der Waals surface area contributed by atoms with E-state index in [2.05, 4.69) is 15.0 Å². The van der Waals surface area contributed by atoms with Crippen molar-refractivity contribution >= 4 is 17.3 Å². The van der Waals surface area contributed by atoms with Crippen LogP contribution in [-0.4, -0.2) is 19.9 Å². The lowest BCUT2D eigenvalue weighted by Crippen LogP contribution is -2.02. The number of hydrogen-bond donors (Lipinski definition) is 0. The van der Waals surface area contributed by atoms with Gasteiger partial charge in [0.25, 0.3) is 0 Å². The molecule has 0 saturated carbocycles. The molecule has 0 fully saturated rings. The van der Waals surface area contributed by atoms with E-state index in [4.69, 9.17) is 11.6 Å². The van der Waals surface area contributed by atoms with E-state index in [1.54, 1.807) is 24.5 Å². The SMILES string of the molecule is O=[N+]([O-])c1c(Cl)ncnc1Cc1ccncc1. The second-order valence-electron chi connectivity index (χ2n) is 3.25. The number of nitrogens with zero attached hydrogens (tertiary/aromatic N) is 4. The van der Waals surface area contributed by atoms with Crippen molar-refractivity contribution in [1.29, 1.82) is 0 Å². The summed E-state index contributed by atoms with van der Waals surface area (Å²) in [6.45, 7) is 0. The van der Waals surface area contributed by atoms with Crippen LogP contribution in [0, 0.1) is 10.1 Å². The van der Waals surface area contributed by atoms with Gasteiger partial charge in [-0.25, -0.2) is 9.97 Å². The third-order valence-corrected chi connectivity index (χ3v) is 2.43. The summed E-state index contributed by atoms with van der Waals surface area (Å²) in [7, 11) is 0. The topological polar surface area (TPSA) is 81.8 Å². The number of nitro groups is 1. The van der Waals surface area contributed by atoms with E-state index in [0.29, 0.717) is 12.1 Å². The quantitative estimate of drug-likeness (QED) is 0.473. The van der Waals surface area contributed by atoms with Crippen molar-refractivity contribution in [3.05, 3.63) is 57.4 Å². The van der Waals surface area contributed by atoms with Crippen LogP contribution in [0.4, 0.5) is 5.69 Å². The summed E-state index contributed by atoms with van der Waals surface area (Å²) in [4.78, 5) is 21.7. The highest BCUT2D eigenvalue weighted by Gasteiger charge is 2.21. The Balaban J connectivity index is 2.40. The Morgan fingerprint density at radius 2 is 2.00 bits per heavy atom. The van der Waals surface area contributed by atoms with Crippen molar-refractivity contribution in [2.75, 3.05) is 0 Å². The minimum Gasteiger partial charge on any atom is -0.265 e. The second kappa shape index (κ2) is 4.84. The van der Waals surface area contributed by atoms with Crippen LogP contribution in [0.1, 0.15) is 11.3 Å². The summed E-state index contributed by atoms with van der Waals surface area (Å²) in [5, 5.41) is 10.7. The first-order valence-corrected chi connectivity index (χ1v) is 5.09. The number of rotatable bonds is 3. The highest BCUT2D eigenvalue weighted by molar-refractivity contribution is 6.31. The Morgan fingerprint density at radius 1 is 1.29 bits per heavy atom. The maximum absolute atomic E-state index is 10.9. The van der Waals surface area contributed by atoms with Crippen molar-refractivity contribution in [3.63, 3.8) is 0 Å². The summed E-state index contributed by atoms with van der Waals surface area (Å²) in [5.74, 6) is 0. The van der Waals surface area contributed by atoms with E-state index >= 15 is 0 Å². The molecule has 2 rings (SSSR count). The molecule has 0 amide bonds. The molecule has 0 aliphatic rings. The van der Waals surface area contributed by atoms with Gasteiger partial charge in [-0.05, 0) is 17.7 Å². The third kappa shape index (κ3) is 2.54. The van der Waals surface area contributed by atoms with E-state index in [1.165, 1.54) is 6.33 Å². The smallest absolute Gasteiger partial charge is 0.265 e. The fraction of sp³-hybridized carbons (Fsp3) is 0.100. The molecule has 2 heterocycles. The molecule has 0 N–H and O–H groups in total. The van der Waals surface area contributed by atoms with E-state index in [1.807, 2.05) is 0 Å². The zero-order valence-electron chi connectivity index (χ0n) is 8.58. The Bertz CT molecular complexity index is 547. The Hall–Kier alpha value is -2.08. The summed E-state index contributed by atoms with van der Waals surface area (Å²) < 4.78 is 0. The zero-order chi connectivity index (χ0) is 12.3. The lowest BCUT2D eigenvalue weighted by molar-refractivity contribution is -0.386. The average Bonchev–Trinajstić information content (AvgIpc) is 2.30. The van der Waals surface area contributed by atoms with E-state index in [0.717, 1.165) is 5.56 Å². The van der Waals surface area contributed by atoms with Gasteiger partial charge in [0.15, 0.2) is 0 Å². The minimum absolute atomic E-state index is 0.144. The van der Waals surface area contributed by atoms with Gasteiger partial charge in [-0.15, -0.1) is 0 Å². The maximum Gasteiger partial charge on any atom is 0.328 e. The lowest BCUT2D eigenvalue weighted by atomic mass is 10.1. The first kappa shape index (κ1) is 11.4. The minimum atomic E-state index is -0.571. The molecular formula is C10H7ClN4O2. The molecule has 0 atom stereocenters. The largest absolute Gasteiger partial charge is 0.328 e. The molecular weight excluding hydrogens is 244 g/mol. The molecule has 6 nitrogen and oxygen atoms in total. The monoisotopic (exact) mass is 250 g/mol. The molecule has 0 aromatic carbocycles. The van der Waals surface area contributed by atoms with Gasteiger partial charge >= 0.3 is 5.69 Å².